The number of nitrogens with zero attached hydrogens (tertiary/aromatic N) is 1. The van der Waals surface area contributed by atoms with Crippen LogP contribution in [-0.2, 0) is 0 Å². The first-order chi connectivity index (χ1) is 7.96. The summed E-state index contributed by atoms with van der Waals surface area (Å²) in [7, 11) is 0. The van der Waals surface area contributed by atoms with E-state index in [1.54, 1.807) is 18.3 Å². The maximum atomic E-state index is 11.2. The molecule has 0 fully saturated rings. The molecule has 0 aliphatic carbocycles. The fraction of sp³-hybridized carbons (Fsp3) is 0.500. The van der Waals surface area contributed by atoms with Gasteiger partial charge in [0, 0.05) is 12.7 Å². The second kappa shape index (κ2) is 5.63. The second-order valence-corrected chi connectivity index (χ2v) is 4.82. The van der Waals surface area contributed by atoms with Gasteiger partial charge in [-0.3, -0.25) is 4.79 Å². The Morgan fingerprint density at radius 1 is 1.53 bits per heavy atom. The van der Waals surface area contributed by atoms with Crippen LogP contribution in [0.1, 0.15) is 30.6 Å². The van der Waals surface area contributed by atoms with Crippen LogP contribution in [0.5, 0.6) is 0 Å². The molecule has 1 aromatic heterocycles. The van der Waals surface area contributed by atoms with Crippen molar-refractivity contribution in [2.75, 3.05) is 18.4 Å². The van der Waals surface area contributed by atoms with Crippen LogP contribution < -0.4 is 16.8 Å². The molecule has 0 aliphatic rings. The number of amides is 1. The molecule has 1 heterocycles. The lowest BCUT2D eigenvalue weighted by Gasteiger charge is -2.24. The third-order valence-electron chi connectivity index (χ3n) is 2.63. The molecule has 0 saturated heterocycles. The van der Waals surface area contributed by atoms with Crippen LogP contribution in [0.2, 0.25) is 0 Å². The number of carbonyl (C=O) groups is 1. The van der Waals surface area contributed by atoms with Crippen LogP contribution in [-0.4, -0.2) is 24.0 Å². The molecule has 0 radical (unpaired) electrons. The lowest BCUT2D eigenvalue weighted by molar-refractivity contribution is 0.100. The van der Waals surface area contributed by atoms with Crippen molar-refractivity contribution in [2.45, 2.75) is 20.3 Å². The van der Waals surface area contributed by atoms with Crippen molar-refractivity contribution in [3.63, 3.8) is 0 Å². The van der Waals surface area contributed by atoms with E-state index in [0.717, 1.165) is 6.42 Å². The predicted molar refractivity (Wildman–Crippen MR) is 68.7 cm³/mol. The van der Waals surface area contributed by atoms with E-state index in [9.17, 15) is 4.79 Å². The lowest BCUT2D eigenvalue weighted by atomic mass is 9.89. The quantitative estimate of drug-likeness (QED) is 0.686. The summed E-state index contributed by atoms with van der Waals surface area (Å²) in [6, 6.07) is 3.35. The standard InChI is InChI=1S/C12H20N4O/c1-12(2,5-6-13)8-16-11-9(10(14)17)4-3-7-15-11/h3-4,7H,5-6,8,13H2,1-2H3,(H2,14,17)(H,15,16). The zero-order valence-electron chi connectivity index (χ0n) is 10.4. The van der Waals surface area contributed by atoms with Gasteiger partial charge >= 0.3 is 0 Å². The number of hydrogen-bond donors (Lipinski definition) is 3. The van der Waals surface area contributed by atoms with Gasteiger partial charge in [0.05, 0.1) is 5.56 Å². The van der Waals surface area contributed by atoms with Gasteiger partial charge < -0.3 is 16.8 Å². The van der Waals surface area contributed by atoms with Crippen molar-refractivity contribution >= 4 is 11.7 Å². The summed E-state index contributed by atoms with van der Waals surface area (Å²) in [5.74, 6) is 0.0577. The maximum absolute atomic E-state index is 11.2. The molecule has 94 valence electrons. The van der Waals surface area contributed by atoms with E-state index in [4.69, 9.17) is 11.5 Å². The molecule has 0 unspecified atom stereocenters. The number of primary amides is 1. The van der Waals surface area contributed by atoms with Crippen molar-refractivity contribution in [1.82, 2.24) is 4.98 Å². The van der Waals surface area contributed by atoms with Gasteiger partial charge in [-0.2, -0.15) is 0 Å². The topological polar surface area (TPSA) is 94.0 Å². The highest BCUT2D eigenvalue weighted by Gasteiger charge is 2.18. The summed E-state index contributed by atoms with van der Waals surface area (Å²) in [5, 5.41) is 3.15. The van der Waals surface area contributed by atoms with Gasteiger partial charge in [-0.05, 0) is 30.5 Å². The Hall–Kier alpha value is -1.62. The van der Waals surface area contributed by atoms with E-state index in [0.29, 0.717) is 24.5 Å². The minimum atomic E-state index is -0.475. The summed E-state index contributed by atoms with van der Waals surface area (Å²) in [6.45, 7) is 5.56. The second-order valence-electron chi connectivity index (χ2n) is 4.82. The zero-order valence-corrected chi connectivity index (χ0v) is 10.4. The average Bonchev–Trinajstić information content (AvgIpc) is 2.27. The summed E-state index contributed by atoms with van der Waals surface area (Å²) >= 11 is 0. The Morgan fingerprint density at radius 2 is 2.24 bits per heavy atom. The van der Waals surface area contributed by atoms with Gasteiger partial charge in [0.25, 0.3) is 5.91 Å². The SMILES string of the molecule is CC(C)(CCN)CNc1ncccc1C(N)=O. The Labute approximate surface area is 102 Å². The van der Waals surface area contributed by atoms with Gasteiger partial charge in [0.1, 0.15) is 5.82 Å². The number of nitrogens with two attached hydrogens (primary N) is 2. The van der Waals surface area contributed by atoms with Crippen molar-refractivity contribution in [3.05, 3.63) is 23.9 Å². The van der Waals surface area contributed by atoms with Gasteiger partial charge in [0.2, 0.25) is 0 Å². The molecular formula is C12H20N4O. The highest BCUT2D eigenvalue weighted by atomic mass is 16.1. The van der Waals surface area contributed by atoms with Gasteiger partial charge in [-0.1, -0.05) is 13.8 Å². The average molecular weight is 236 g/mol. The number of carbonyl (C=O) groups excluding carboxylic acids is 1. The summed E-state index contributed by atoms with van der Waals surface area (Å²) in [4.78, 5) is 15.3. The molecule has 1 aromatic rings. The molecular weight excluding hydrogens is 216 g/mol. The number of nitrogens with one attached hydrogen (secondary N) is 1. The van der Waals surface area contributed by atoms with Crippen molar-refractivity contribution in [1.29, 1.82) is 0 Å². The van der Waals surface area contributed by atoms with E-state index in [-0.39, 0.29) is 5.41 Å². The van der Waals surface area contributed by atoms with Crippen molar-refractivity contribution < 1.29 is 4.79 Å². The maximum Gasteiger partial charge on any atom is 0.252 e. The van der Waals surface area contributed by atoms with Crippen LogP contribution in [0.4, 0.5) is 5.82 Å². The first kappa shape index (κ1) is 13.4. The van der Waals surface area contributed by atoms with Crippen molar-refractivity contribution in [2.24, 2.45) is 16.9 Å². The summed E-state index contributed by atoms with van der Waals surface area (Å²) in [5.41, 5.74) is 11.3. The van der Waals surface area contributed by atoms with E-state index >= 15 is 0 Å². The molecule has 1 amide bonds. The largest absolute Gasteiger partial charge is 0.369 e. The Morgan fingerprint density at radius 3 is 2.82 bits per heavy atom. The molecule has 1 rings (SSSR count). The highest BCUT2D eigenvalue weighted by Crippen LogP contribution is 2.20. The van der Waals surface area contributed by atoms with Gasteiger partial charge in [0.15, 0.2) is 0 Å². The van der Waals surface area contributed by atoms with E-state index in [1.165, 1.54) is 0 Å². The van der Waals surface area contributed by atoms with Crippen molar-refractivity contribution in [3.8, 4) is 0 Å². The van der Waals surface area contributed by atoms with E-state index in [2.05, 4.69) is 24.1 Å². The summed E-state index contributed by atoms with van der Waals surface area (Å²) < 4.78 is 0. The van der Waals surface area contributed by atoms with Crippen LogP contribution in [0.25, 0.3) is 0 Å². The normalized spacial score (nSPS) is 11.2. The molecule has 0 bridgehead atoms. The molecule has 5 heteroatoms. The van der Waals surface area contributed by atoms with Crippen LogP contribution in [0, 0.1) is 5.41 Å². The smallest absolute Gasteiger partial charge is 0.252 e. The molecule has 0 spiro atoms. The van der Waals surface area contributed by atoms with Crippen LogP contribution >= 0.6 is 0 Å². The molecule has 0 saturated carbocycles. The first-order valence-corrected chi connectivity index (χ1v) is 5.65. The number of aromatic nitrogens is 1. The Bertz CT molecular complexity index is 390. The first-order valence-electron chi connectivity index (χ1n) is 5.65. The van der Waals surface area contributed by atoms with Gasteiger partial charge in [-0.25, -0.2) is 4.98 Å². The highest BCUT2D eigenvalue weighted by molar-refractivity contribution is 5.97. The predicted octanol–water partition coefficient (Wildman–Crippen LogP) is 0.967. The third kappa shape index (κ3) is 4.03. The van der Waals surface area contributed by atoms with Crippen LogP contribution in [0.3, 0.4) is 0 Å². The Kier molecular flexibility index (Phi) is 4.45. The molecule has 5 N–H and O–H groups in total. The zero-order chi connectivity index (χ0) is 12.9. The third-order valence-corrected chi connectivity index (χ3v) is 2.63. The molecule has 0 atom stereocenters. The lowest BCUT2D eigenvalue weighted by Crippen LogP contribution is -2.27. The number of pyridine rings is 1. The van der Waals surface area contributed by atoms with Gasteiger partial charge in [-0.15, -0.1) is 0 Å². The Balaban J connectivity index is 2.72. The fourth-order valence-corrected chi connectivity index (χ4v) is 1.55. The minimum absolute atomic E-state index is 0.0567. The minimum Gasteiger partial charge on any atom is -0.369 e. The number of anilines is 1. The van der Waals surface area contributed by atoms with E-state index in [1.807, 2.05) is 0 Å². The van der Waals surface area contributed by atoms with Crippen LogP contribution in [0.15, 0.2) is 18.3 Å². The molecule has 17 heavy (non-hydrogen) atoms. The number of hydrogen-bond acceptors (Lipinski definition) is 4. The number of rotatable bonds is 6. The summed E-state index contributed by atoms with van der Waals surface area (Å²) in [6.07, 6.45) is 2.53. The van der Waals surface area contributed by atoms with E-state index < -0.39 is 5.91 Å². The molecule has 5 nitrogen and oxygen atoms in total. The molecule has 0 aromatic carbocycles. The molecule has 0 aliphatic heterocycles. The monoisotopic (exact) mass is 236 g/mol. The fourth-order valence-electron chi connectivity index (χ4n) is 1.55.